The van der Waals surface area contributed by atoms with E-state index in [2.05, 4.69) is 16.7 Å². The quantitative estimate of drug-likeness (QED) is 0.695. The molecular formula is C11H23N3O2. The van der Waals surface area contributed by atoms with Gasteiger partial charge in [0.15, 0.2) is 0 Å². The van der Waals surface area contributed by atoms with Crippen LogP contribution in [0.3, 0.4) is 0 Å². The number of morpholine rings is 2. The summed E-state index contributed by atoms with van der Waals surface area (Å²) in [5.74, 6) is 0. The first-order valence-electron chi connectivity index (χ1n) is 6.18. The molecule has 2 aliphatic heterocycles. The zero-order chi connectivity index (χ0) is 11.4. The summed E-state index contributed by atoms with van der Waals surface area (Å²) >= 11 is 0. The van der Waals surface area contributed by atoms with E-state index in [1.807, 2.05) is 0 Å². The van der Waals surface area contributed by atoms with Gasteiger partial charge in [0.1, 0.15) is 0 Å². The lowest BCUT2D eigenvalue weighted by atomic mass is 10.2. The van der Waals surface area contributed by atoms with Crippen LogP contribution >= 0.6 is 0 Å². The van der Waals surface area contributed by atoms with E-state index >= 15 is 0 Å². The van der Waals surface area contributed by atoms with Crippen LogP contribution in [0.15, 0.2) is 0 Å². The van der Waals surface area contributed by atoms with E-state index in [0.717, 1.165) is 52.6 Å². The van der Waals surface area contributed by atoms with Crippen LogP contribution in [0, 0.1) is 0 Å². The Morgan fingerprint density at radius 1 is 0.875 bits per heavy atom. The Balaban J connectivity index is 1.96. The van der Waals surface area contributed by atoms with Crippen molar-refractivity contribution in [1.29, 1.82) is 0 Å². The molecule has 2 saturated heterocycles. The standard InChI is InChI=1S/C11H23N3O2/c1-10(12)11(13-2-6-15-7-3-13)14-4-8-16-9-5-14/h10-11H,2-9,12H2,1H3. The summed E-state index contributed by atoms with van der Waals surface area (Å²) in [6.45, 7) is 9.36. The molecule has 0 bridgehead atoms. The van der Waals surface area contributed by atoms with E-state index in [1.54, 1.807) is 0 Å². The highest BCUT2D eigenvalue weighted by Crippen LogP contribution is 2.13. The van der Waals surface area contributed by atoms with Crippen molar-refractivity contribution in [3.63, 3.8) is 0 Å². The molecule has 0 spiro atoms. The van der Waals surface area contributed by atoms with Crippen LogP contribution in [-0.2, 0) is 9.47 Å². The molecule has 16 heavy (non-hydrogen) atoms. The maximum atomic E-state index is 6.13. The van der Waals surface area contributed by atoms with Crippen molar-refractivity contribution in [2.75, 3.05) is 52.6 Å². The molecule has 0 amide bonds. The molecule has 0 saturated carbocycles. The minimum absolute atomic E-state index is 0.163. The molecule has 2 rings (SSSR count). The summed E-state index contributed by atoms with van der Waals surface area (Å²) in [7, 11) is 0. The van der Waals surface area contributed by atoms with Crippen LogP contribution in [-0.4, -0.2) is 74.6 Å². The molecule has 5 heteroatoms. The van der Waals surface area contributed by atoms with Crippen LogP contribution in [0.25, 0.3) is 0 Å². The smallest absolute Gasteiger partial charge is 0.0779 e. The zero-order valence-corrected chi connectivity index (χ0v) is 10.1. The second-order valence-electron chi connectivity index (χ2n) is 4.57. The molecule has 1 unspecified atom stereocenters. The van der Waals surface area contributed by atoms with Gasteiger partial charge in [0.25, 0.3) is 0 Å². The van der Waals surface area contributed by atoms with Crippen LogP contribution in [0.4, 0.5) is 0 Å². The predicted octanol–water partition coefficient (Wildman–Crippen LogP) is -0.676. The normalized spacial score (nSPS) is 27.2. The molecule has 2 heterocycles. The number of hydrogen-bond acceptors (Lipinski definition) is 5. The fraction of sp³-hybridized carbons (Fsp3) is 1.00. The number of rotatable bonds is 3. The lowest BCUT2D eigenvalue weighted by Crippen LogP contribution is -2.61. The Labute approximate surface area is 97.5 Å². The van der Waals surface area contributed by atoms with Gasteiger partial charge in [0, 0.05) is 32.2 Å². The molecular weight excluding hydrogens is 206 g/mol. The Kier molecular flexibility index (Phi) is 4.55. The summed E-state index contributed by atoms with van der Waals surface area (Å²) in [6, 6.07) is 0.163. The summed E-state index contributed by atoms with van der Waals surface area (Å²) < 4.78 is 10.8. The van der Waals surface area contributed by atoms with E-state index in [9.17, 15) is 0 Å². The first-order valence-corrected chi connectivity index (χ1v) is 6.18. The van der Waals surface area contributed by atoms with Crippen molar-refractivity contribution in [1.82, 2.24) is 9.80 Å². The van der Waals surface area contributed by atoms with Crippen LogP contribution in [0.1, 0.15) is 6.92 Å². The van der Waals surface area contributed by atoms with E-state index < -0.39 is 0 Å². The maximum absolute atomic E-state index is 6.13. The minimum atomic E-state index is 0.163. The first kappa shape index (κ1) is 12.3. The molecule has 5 nitrogen and oxygen atoms in total. The van der Waals surface area contributed by atoms with Crippen LogP contribution in [0.2, 0.25) is 0 Å². The number of hydrogen-bond donors (Lipinski definition) is 1. The Morgan fingerprint density at radius 3 is 1.56 bits per heavy atom. The van der Waals surface area contributed by atoms with Gasteiger partial charge < -0.3 is 15.2 Å². The second-order valence-corrected chi connectivity index (χ2v) is 4.57. The molecule has 0 radical (unpaired) electrons. The molecule has 2 aliphatic rings. The van der Waals surface area contributed by atoms with Gasteiger partial charge >= 0.3 is 0 Å². The van der Waals surface area contributed by atoms with Gasteiger partial charge in [0.05, 0.1) is 32.6 Å². The monoisotopic (exact) mass is 229 g/mol. The highest BCUT2D eigenvalue weighted by Gasteiger charge is 2.30. The first-order chi connectivity index (χ1) is 7.79. The predicted molar refractivity (Wildman–Crippen MR) is 62.2 cm³/mol. The third-order valence-corrected chi connectivity index (χ3v) is 3.31. The molecule has 0 aromatic rings. The molecule has 0 aromatic carbocycles. The molecule has 1 atom stereocenters. The Morgan fingerprint density at radius 2 is 1.25 bits per heavy atom. The third kappa shape index (κ3) is 2.93. The molecule has 2 fully saturated rings. The maximum Gasteiger partial charge on any atom is 0.0779 e. The van der Waals surface area contributed by atoms with Crippen LogP contribution in [0.5, 0.6) is 0 Å². The van der Waals surface area contributed by atoms with E-state index in [0.29, 0.717) is 6.17 Å². The third-order valence-electron chi connectivity index (χ3n) is 3.31. The van der Waals surface area contributed by atoms with Crippen LogP contribution < -0.4 is 5.73 Å². The Hall–Kier alpha value is -0.200. The fourth-order valence-electron chi connectivity index (χ4n) is 2.58. The van der Waals surface area contributed by atoms with Gasteiger partial charge in [-0.25, -0.2) is 0 Å². The largest absolute Gasteiger partial charge is 0.379 e. The van der Waals surface area contributed by atoms with Gasteiger partial charge in [-0.15, -0.1) is 0 Å². The van der Waals surface area contributed by atoms with Crippen molar-refractivity contribution in [2.24, 2.45) is 5.73 Å². The van der Waals surface area contributed by atoms with Crippen molar-refractivity contribution in [3.8, 4) is 0 Å². The van der Waals surface area contributed by atoms with Gasteiger partial charge in [-0.05, 0) is 6.92 Å². The fourth-order valence-corrected chi connectivity index (χ4v) is 2.58. The van der Waals surface area contributed by atoms with Crippen molar-refractivity contribution in [2.45, 2.75) is 19.1 Å². The van der Waals surface area contributed by atoms with Gasteiger partial charge in [0.2, 0.25) is 0 Å². The second kappa shape index (κ2) is 5.93. The lowest BCUT2D eigenvalue weighted by Gasteiger charge is -2.44. The van der Waals surface area contributed by atoms with E-state index in [1.165, 1.54) is 0 Å². The van der Waals surface area contributed by atoms with Gasteiger partial charge in [-0.2, -0.15) is 0 Å². The Bertz CT molecular complexity index is 183. The summed E-state index contributed by atoms with van der Waals surface area (Å²) in [6.07, 6.45) is 0.341. The lowest BCUT2D eigenvalue weighted by molar-refractivity contribution is -0.0721. The highest BCUT2D eigenvalue weighted by molar-refractivity contribution is 4.82. The van der Waals surface area contributed by atoms with Crippen molar-refractivity contribution < 1.29 is 9.47 Å². The van der Waals surface area contributed by atoms with Gasteiger partial charge in [-0.3, -0.25) is 9.80 Å². The van der Waals surface area contributed by atoms with E-state index in [4.69, 9.17) is 15.2 Å². The number of ether oxygens (including phenoxy) is 2. The average Bonchev–Trinajstić information content (AvgIpc) is 2.31. The molecule has 0 aliphatic carbocycles. The SMILES string of the molecule is CC(N)C(N1CCOCC1)N1CCOCC1. The molecule has 94 valence electrons. The molecule has 0 aromatic heterocycles. The zero-order valence-electron chi connectivity index (χ0n) is 10.1. The summed E-state index contributed by atoms with van der Waals surface area (Å²) in [5.41, 5.74) is 6.13. The highest BCUT2D eigenvalue weighted by atomic mass is 16.5. The summed E-state index contributed by atoms with van der Waals surface area (Å²) in [5, 5.41) is 0. The van der Waals surface area contributed by atoms with Crippen molar-refractivity contribution in [3.05, 3.63) is 0 Å². The number of nitrogens with two attached hydrogens (primary N) is 1. The topological polar surface area (TPSA) is 51.0 Å². The average molecular weight is 229 g/mol. The summed E-state index contributed by atoms with van der Waals surface area (Å²) in [4.78, 5) is 4.89. The molecule has 2 N–H and O–H groups in total. The van der Waals surface area contributed by atoms with Gasteiger partial charge in [-0.1, -0.05) is 0 Å². The minimum Gasteiger partial charge on any atom is -0.379 e. The number of nitrogens with zero attached hydrogens (tertiary/aromatic N) is 2. The van der Waals surface area contributed by atoms with Crippen molar-refractivity contribution >= 4 is 0 Å². The van der Waals surface area contributed by atoms with E-state index in [-0.39, 0.29) is 6.04 Å².